The van der Waals surface area contributed by atoms with Gasteiger partial charge in [-0.3, -0.25) is 0 Å². The van der Waals surface area contributed by atoms with E-state index in [0.29, 0.717) is 38.1 Å². The molecule has 0 fully saturated rings. The summed E-state index contributed by atoms with van der Waals surface area (Å²) in [6, 6.07) is 0. The predicted octanol–water partition coefficient (Wildman–Crippen LogP) is 0.929. The minimum atomic E-state index is -0.394. The van der Waals surface area contributed by atoms with Gasteiger partial charge in [-0.2, -0.15) is 0 Å². The monoisotopic (exact) mass is 238 g/mol. The second-order valence-electron chi connectivity index (χ2n) is 4.20. The Kier molecular flexibility index (Phi) is 3.47. The van der Waals surface area contributed by atoms with Crippen molar-refractivity contribution >= 4 is 5.97 Å². The first kappa shape index (κ1) is 12.1. The Labute approximate surface area is 100 Å². The zero-order valence-corrected chi connectivity index (χ0v) is 10.3. The number of ether oxygens (including phenoxy) is 1. The molecule has 0 spiro atoms. The van der Waals surface area contributed by atoms with E-state index < -0.39 is 6.10 Å². The number of rotatable bonds is 3. The molecule has 0 aliphatic carbocycles. The average molecular weight is 238 g/mol. The van der Waals surface area contributed by atoms with Crippen molar-refractivity contribution in [3.8, 4) is 0 Å². The molecule has 1 aromatic heterocycles. The van der Waals surface area contributed by atoms with E-state index in [-0.39, 0.29) is 5.97 Å². The van der Waals surface area contributed by atoms with E-state index in [2.05, 4.69) is 4.98 Å². The number of nitrogens with zero attached hydrogens (tertiary/aromatic N) is 2. The molecule has 0 radical (unpaired) electrons. The minimum Gasteiger partial charge on any atom is -0.461 e. The smallest absolute Gasteiger partial charge is 0.356 e. The van der Waals surface area contributed by atoms with Gasteiger partial charge in [0.1, 0.15) is 5.82 Å². The predicted molar refractivity (Wildman–Crippen MR) is 61.9 cm³/mol. The Morgan fingerprint density at radius 2 is 2.35 bits per heavy atom. The summed E-state index contributed by atoms with van der Waals surface area (Å²) >= 11 is 0. The summed E-state index contributed by atoms with van der Waals surface area (Å²) < 4.78 is 6.86. The van der Waals surface area contributed by atoms with Crippen molar-refractivity contribution in [1.29, 1.82) is 0 Å². The SMILES string of the molecule is CCOC(=O)c1c(CC)nc2n1CC(O)CC2. The molecule has 1 N–H and O–H groups in total. The van der Waals surface area contributed by atoms with Crippen LogP contribution in [0, 0.1) is 0 Å². The first-order valence-corrected chi connectivity index (χ1v) is 6.10. The number of carbonyl (C=O) groups is 1. The molecule has 1 aliphatic heterocycles. The van der Waals surface area contributed by atoms with Crippen LogP contribution in [0.4, 0.5) is 0 Å². The molecule has 0 amide bonds. The highest BCUT2D eigenvalue weighted by atomic mass is 16.5. The van der Waals surface area contributed by atoms with Crippen molar-refractivity contribution in [1.82, 2.24) is 9.55 Å². The highest BCUT2D eigenvalue weighted by molar-refractivity contribution is 5.89. The van der Waals surface area contributed by atoms with Gasteiger partial charge in [0.25, 0.3) is 0 Å². The number of aliphatic hydroxyl groups is 1. The topological polar surface area (TPSA) is 64.3 Å². The van der Waals surface area contributed by atoms with Gasteiger partial charge in [0.2, 0.25) is 0 Å². The van der Waals surface area contributed by atoms with Gasteiger partial charge in [-0.25, -0.2) is 9.78 Å². The summed E-state index contributed by atoms with van der Waals surface area (Å²) in [5.41, 5.74) is 1.29. The Morgan fingerprint density at radius 1 is 1.59 bits per heavy atom. The van der Waals surface area contributed by atoms with Crippen molar-refractivity contribution < 1.29 is 14.6 Å². The van der Waals surface area contributed by atoms with Gasteiger partial charge in [0.05, 0.1) is 24.9 Å². The number of aryl methyl sites for hydroxylation is 2. The van der Waals surface area contributed by atoms with Crippen molar-refractivity contribution in [3.63, 3.8) is 0 Å². The standard InChI is InChI=1S/C12H18N2O3/c1-3-9-11(12(16)17-4-2)14-7-8(15)5-6-10(14)13-9/h8,15H,3-7H2,1-2H3. The third kappa shape index (κ3) is 2.20. The van der Waals surface area contributed by atoms with Gasteiger partial charge in [0, 0.05) is 6.42 Å². The zero-order valence-electron chi connectivity index (χ0n) is 10.3. The van der Waals surface area contributed by atoms with Crippen LogP contribution < -0.4 is 0 Å². The van der Waals surface area contributed by atoms with Crippen molar-refractivity contribution in [2.24, 2.45) is 0 Å². The van der Waals surface area contributed by atoms with E-state index in [4.69, 9.17) is 4.74 Å². The number of esters is 1. The Balaban J connectivity index is 2.41. The largest absolute Gasteiger partial charge is 0.461 e. The number of aromatic nitrogens is 2. The van der Waals surface area contributed by atoms with Crippen LogP contribution in [0.25, 0.3) is 0 Å². The first-order valence-electron chi connectivity index (χ1n) is 6.10. The van der Waals surface area contributed by atoms with Crippen LogP contribution in [0.2, 0.25) is 0 Å². The maximum Gasteiger partial charge on any atom is 0.356 e. The number of hydrogen-bond acceptors (Lipinski definition) is 4. The molecule has 5 nitrogen and oxygen atoms in total. The second-order valence-corrected chi connectivity index (χ2v) is 4.20. The molecule has 5 heteroatoms. The molecule has 1 unspecified atom stereocenters. The summed E-state index contributed by atoms with van der Waals surface area (Å²) in [4.78, 5) is 16.4. The molecular weight excluding hydrogens is 220 g/mol. The van der Waals surface area contributed by atoms with E-state index >= 15 is 0 Å². The molecule has 2 heterocycles. The van der Waals surface area contributed by atoms with E-state index in [9.17, 15) is 9.90 Å². The zero-order chi connectivity index (χ0) is 12.4. The van der Waals surface area contributed by atoms with Crippen molar-refractivity contribution in [2.75, 3.05) is 6.61 Å². The number of fused-ring (bicyclic) bond motifs is 1. The van der Waals surface area contributed by atoms with E-state index in [1.807, 2.05) is 11.5 Å². The lowest BCUT2D eigenvalue weighted by Gasteiger charge is -2.20. The van der Waals surface area contributed by atoms with Crippen LogP contribution in [-0.4, -0.2) is 33.3 Å². The summed E-state index contributed by atoms with van der Waals surface area (Å²) in [7, 11) is 0. The quantitative estimate of drug-likeness (QED) is 0.796. The fourth-order valence-electron chi connectivity index (χ4n) is 2.21. The molecule has 1 aliphatic rings. The summed E-state index contributed by atoms with van der Waals surface area (Å²) in [5, 5.41) is 9.67. The third-order valence-electron chi connectivity index (χ3n) is 3.02. The van der Waals surface area contributed by atoms with Crippen LogP contribution in [0.5, 0.6) is 0 Å². The van der Waals surface area contributed by atoms with Gasteiger partial charge in [0.15, 0.2) is 5.69 Å². The summed E-state index contributed by atoms with van der Waals surface area (Å²) in [6.07, 6.45) is 1.73. The lowest BCUT2D eigenvalue weighted by Crippen LogP contribution is -2.27. The van der Waals surface area contributed by atoms with Crippen LogP contribution in [0.3, 0.4) is 0 Å². The molecule has 0 aromatic carbocycles. The highest BCUT2D eigenvalue weighted by Crippen LogP contribution is 2.21. The number of hydrogen-bond donors (Lipinski definition) is 1. The maximum atomic E-state index is 11.9. The molecule has 1 atom stereocenters. The first-order chi connectivity index (χ1) is 8.17. The Bertz CT molecular complexity index is 426. The van der Waals surface area contributed by atoms with Crippen molar-refractivity contribution in [2.45, 2.75) is 45.8 Å². The fourth-order valence-corrected chi connectivity index (χ4v) is 2.21. The van der Waals surface area contributed by atoms with Crippen LogP contribution in [-0.2, 0) is 24.1 Å². The highest BCUT2D eigenvalue weighted by Gasteiger charge is 2.27. The van der Waals surface area contributed by atoms with E-state index in [1.54, 1.807) is 6.92 Å². The van der Waals surface area contributed by atoms with Crippen LogP contribution >= 0.6 is 0 Å². The molecule has 0 saturated heterocycles. The third-order valence-corrected chi connectivity index (χ3v) is 3.02. The molecule has 0 saturated carbocycles. The molecule has 94 valence electrons. The lowest BCUT2D eigenvalue weighted by molar-refractivity contribution is 0.0503. The maximum absolute atomic E-state index is 11.9. The normalized spacial score (nSPS) is 18.9. The molecule has 0 bridgehead atoms. The van der Waals surface area contributed by atoms with Crippen LogP contribution in [0.15, 0.2) is 0 Å². The summed E-state index contributed by atoms with van der Waals surface area (Å²) in [5.74, 6) is 0.549. The Hall–Kier alpha value is -1.36. The number of imidazole rings is 1. The fraction of sp³-hybridized carbons (Fsp3) is 0.667. The van der Waals surface area contributed by atoms with Gasteiger partial charge in [-0.1, -0.05) is 6.92 Å². The minimum absolute atomic E-state index is 0.336. The van der Waals surface area contributed by atoms with Crippen LogP contribution in [0.1, 0.15) is 42.3 Å². The molecule has 17 heavy (non-hydrogen) atoms. The van der Waals surface area contributed by atoms with Gasteiger partial charge >= 0.3 is 5.97 Å². The van der Waals surface area contributed by atoms with Gasteiger partial charge < -0.3 is 14.4 Å². The molecule has 1 aromatic rings. The van der Waals surface area contributed by atoms with Crippen molar-refractivity contribution in [3.05, 3.63) is 17.2 Å². The number of carbonyl (C=O) groups excluding carboxylic acids is 1. The second kappa shape index (κ2) is 4.87. The molecular formula is C12H18N2O3. The van der Waals surface area contributed by atoms with E-state index in [1.165, 1.54) is 0 Å². The summed E-state index contributed by atoms with van der Waals surface area (Å²) in [6.45, 7) is 4.54. The van der Waals surface area contributed by atoms with E-state index in [0.717, 1.165) is 11.5 Å². The Morgan fingerprint density at radius 3 is 3.00 bits per heavy atom. The van der Waals surface area contributed by atoms with Gasteiger partial charge in [-0.15, -0.1) is 0 Å². The molecule has 2 rings (SSSR count). The lowest BCUT2D eigenvalue weighted by atomic mass is 10.1. The number of aliphatic hydroxyl groups excluding tert-OH is 1. The van der Waals surface area contributed by atoms with Gasteiger partial charge in [-0.05, 0) is 19.8 Å². The average Bonchev–Trinajstić information content (AvgIpc) is 2.66.